The van der Waals surface area contributed by atoms with Crippen LogP contribution in [-0.4, -0.2) is 42.3 Å². The van der Waals surface area contributed by atoms with Crippen LogP contribution in [0.5, 0.6) is 0 Å². The Kier molecular flexibility index (Phi) is 3.81. The molecular weight excluding hydrogens is 300 g/mol. The minimum atomic E-state index is -4.90. The quantitative estimate of drug-likeness (QED) is 0.315. The van der Waals surface area contributed by atoms with Gasteiger partial charge in [-0.15, -0.1) is 0 Å². The van der Waals surface area contributed by atoms with Crippen LogP contribution in [-0.2, 0) is 9.13 Å². The van der Waals surface area contributed by atoms with Crippen LogP contribution in [0.25, 0.3) is 0 Å². The van der Waals surface area contributed by atoms with Crippen LogP contribution in [0.3, 0.4) is 0 Å². The molecule has 2 rings (SSSR count). The fourth-order valence-corrected chi connectivity index (χ4v) is 6.58. The lowest BCUT2D eigenvalue weighted by Crippen LogP contribution is -2.43. The smallest absolute Gasteiger partial charge is 0.324 e. The van der Waals surface area contributed by atoms with Gasteiger partial charge in [0.25, 0.3) is 0 Å². The first-order valence-electron chi connectivity index (χ1n) is 5.61. The molecule has 1 saturated carbocycles. The zero-order valence-corrected chi connectivity index (χ0v) is 12.2. The molecule has 1 saturated heterocycles. The predicted molar refractivity (Wildman–Crippen MR) is 68.7 cm³/mol. The minimum absolute atomic E-state index is 0.0868. The number of hydrogen-bond acceptors (Lipinski definition) is 4. The van der Waals surface area contributed by atoms with E-state index in [4.69, 9.17) is 0 Å². The molecule has 3 atom stereocenters. The molecular formula is C8H17NO6P2S. The Balaban J connectivity index is 2.42. The zero-order valence-electron chi connectivity index (χ0n) is 9.51. The SMILES string of the molecule is O=P(O)(O)C1(P(=O)(O)O)CC2NCCC(S)C2C1. The van der Waals surface area contributed by atoms with Gasteiger partial charge in [0.15, 0.2) is 4.90 Å². The third-order valence-corrected chi connectivity index (χ3v) is 9.16. The second-order valence-electron chi connectivity index (χ2n) is 5.06. The highest BCUT2D eigenvalue weighted by Crippen LogP contribution is 2.76. The lowest BCUT2D eigenvalue weighted by atomic mass is 9.93. The summed E-state index contributed by atoms with van der Waals surface area (Å²) in [4.78, 5) is 35.4. The van der Waals surface area contributed by atoms with Crippen LogP contribution in [0.2, 0.25) is 0 Å². The van der Waals surface area contributed by atoms with E-state index in [2.05, 4.69) is 17.9 Å². The highest BCUT2D eigenvalue weighted by Gasteiger charge is 2.66. The standard InChI is InChI=1S/C8H17NO6P2S/c10-16(11,12)8(17(13,14)15)3-5-6(4-8)9-2-1-7(5)18/h5-7,9,18H,1-4H2,(H2,10,11,12)(H2,13,14,15). The fraction of sp³-hybridized carbons (Fsp3) is 1.00. The highest BCUT2D eigenvalue weighted by atomic mass is 32.1. The maximum atomic E-state index is 11.6. The van der Waals surface area contributed by atoms with Crippen molar-refractivity contribution in [3.63, 3.8) is 0 Å². The van der Waals surface area contributed by atoms with E-state index in [-0.39, 0.29) is 30.1 Å². The summed E-state index contributed by atoms with van der Waals surface area (Å²) in [7, 11) is -9.81. The second kappa shape index (κ2) is 4.57. The summed E-state index contributed by atoms with van der Waals surface area (Å²) < 4.78 is 23.2. The molecule has 106 valence electrons. The van der Waals surface area contributed by atoms with E-state index in [0.717, 1.165) is 6.42 Å². The maximum absolute atomic E-state index is 11.6. The summed E-state index contributed by atoms with van der Waals surface area (Å²) in [6, 6.07) is -0.290. The third-order valence-electron chi connectivity index (χ3n) is 4.05. The molecule has 0 bridgehead atoms. The van der Waals surface area contributed by atoms with E-state index < -0.39 is 20.1 Å². The largest absolute Gasteiger partial charge is 0.343 e. The average Bonchev–Trinajstić information content (AvgIpc) is 2.57. The molecule has 0 aromatic heterocycles. The van der Waals surface area contributed by atoms with E-state index in [1.807, 2.05) is 0 Å². The Bertz CT molecular complexity index is 411. The van der Waals surface area contributed by atoms with Gasteiger partial charge in [-0.05, 0) is 31.7 Å². The normalized spacial score (nSPS) is 36.4. The first-order valence-corrected chi connectivity index (χ1v) is 9.35. The highest BCUT2D eigenvalue weighted by molar-refractivity contribution is 7.81. The van der Waals surface area contributed by atoms with E-state index in [1.165, 1.54) is 0 Å². The van der Waals surface area contributed by atoms with Crippen molar-refractivity contribution in [1.29, 1.82) is 0 Å². The van der Waals surface area contributed by atoms with E-state index in [0.29, 0.717) is 6.54 Å². The van der Waals surface area contributed by atoms with E-state index >= 15 is 0 Å². The molecule has 2 aliphatic rings. The van der Waals surface area contributed by atoms with Crippen molar-refractivity contribution in [2.45, 2.75) is 35.5 Å². The van der Waals surface area contributed by atoms with Gasteiger partial charge in [0.1, 0.15) is 0 Å². The van der Waals surface area contributed by atoms with Gasteiger partial charge in [-0.1, -0.05) is 0 Å². The Morgan fingerprint density at radius 3 is 2.11 bits per heavy atom. The fourth-order valence-electron chi connectivity index (χ4n) is 3.01. The molecule has 0 aromatic carbocycles. The van der Waals surface area contributed by atoms with E-state index in [9.17, 15) is 28.7 Å². The predicted octanol–water partition coefficient (Wildman–Crippen LogP) is 0.108. The molecule has 1 aliphatic heterocycles. The minimum Gasteiger partial charge on any atom is -0.324 e. The first-order chi connectivity index (χ1) is 8.08. The average molecular weight is 317 g/mol. The number of thiol groups is 1. The van der Waals surface area contributed by atoms with Crippen molar-refractivity contribution in [2.24, 2.45) is 5.92 Å². The maximum Gasteiger partial charge on any atom is 0.343 e. The van der Waals surface area contributed by atoms with Gasteiger partial charge in [0.2, 0.25) is 0 Å². The van der Waals surface area contributed by atoms with Crippen LogP contribution in [0.4, 0.5) is 0 Å². The van der Waals surface area contributed by atoms with E-state index in [1.54, 1.807) is 0 Å². The molecule has 5 N–H and O–H groups in total. The van der Waals surface area contributed by atoms with Crippen LogP contribution < -0.4 is 5.32 Å². The summed E-state index contributed by atoms with van der Waals surface area (Å²) in [5.41, 5.74) is 0. The molecule has 1 heterocycles. The Morgan fingerprint density at radius 2 is 1.67 bits per heavy atom. The topological polar surface area (TPSA) is 127 Å². The van der Waals surface area contributed by atoms with Gasteiger partial charge in [-0.25, -0.2) is 0 Å². The molecule has 1 aliphatic carbocycles. The molecule has 2 fully saturated rings. The molecule has 7 nitrogen and oxygen atoms in total. The third kappa shape index (κ3) is 2.23. The summed E-state index contributed by atoms with van der Waals surface area (Å²) in [6.07, 6.45) is 0.333. The number of hydrogen-bond donors (Lipinski definition) is 6. The van der Waals surface area contributed by atoms with Gasteiger partial charge < -0.3 is 24.9 Å². The van der Waals surface area contributed by atoms with Crippen LogP contribution in [0, 0.1) is 5.92 Å². The monoisotopic (exact) mass is 317 g/mol. The zero-order chi connectivity index (χ0) is 13.8. The number of fused-ring (bicyclic) bond motifs is 1. The van der Waals surface area contributed by atoms with Gasteiger partial charge in [-0.2, -0.15) is 12.6 Å². The summed E-state index contributed by atoms with van der Waals surface area (Å²) in [5, 5.41) is 2.99. The number of rotatable bonds is 2. The molecule has 0 radical (unpaired) electrons. The molecule has 0 amide bonds. The summed E-state index contributed by atoms with van der Waals surface area (Å²) in [6.45, 7) is 0.647. The van der Waals surface area contributed by atoms with Crippen LogP contribution >= 0.6 is 27.8 Å². The first kappa shape index (κ1) is 15.0. The van der Waals surface area contributed by atoms with Crippen molar-refractivity contribution in [1.82, 2.24) is 5.32 Å². The Labute approximate surface area is 110 Å². The van der Waals surface area contributed by atoms with Crippen molar-refractivity contribution >= 4 is 27.8 Å². The van der Waals surface area contributed by atoms with Crippen molar-refractivity contribution in [2.75, 3.05) is 6.54 Å². The number of piperidine rings is 1. The van der Waals surface area contributed by atoms with Crippen molar-refractivity contribution < 1.29 is 28.7 Å². The molecule has 0 aromatic rings. The Hall–Kier alpha value is 0.610. The van der Waals surface area contributed by atoms with Gasteiger partial charge in [0.05, 0.1) is 0 Å². The van der Waals surface area contributed by atoms with Gasteiger partial charge in [-0.3, -0.25) is 9.13 Å². The second-order valence-corrected chi connectivity index (χ2v) is 9.96. The van der Waals surface area contributed by atoms with Crippen LogP contribution in [0.15, 0.2) is 0 Å². The lowest BCUT2D eigenvalue weighted by Gasteiger charge is -2.31. The number of nitrogens with one attached hydrogen (secondary N) is 1. The molecule has 18 heavy (non-hydrogen) atoms. The molecule has 3 unspecified atom stereocenters. The van der Waals surface area contributed by atoms with Crippen LogP contribution in [0.1, 0.15) is 19.3 Å². The van der Waals surface area contributed by atoms with Crippen molar-refractivity contribution in [3.8, 4) is 0 Å². The van der Waals surface area contributed by atoms with Gasteiger partial charge in [0, 0.05) is 11.3 Å². The lowest BCUT2D eigenvalue weighted by molar-refractivity contribution is 0.304. The molecule has 10 heteroatoms. The molecule has 0 spiro atoms. The Morgan fingerprint density at radius 1 is 1.11 bits per heavy atom. The van der Waals surface area contributed by atoms with Crippen molar-refractivity contribution in [3.05, 3.63) is 0 Å². The summed E-state index contributed by atoms with van der Waals surface area (Å²) in [5.74, 6) is -0.220. The van der Waals surface area contributed by atoms with Gasteiger partial charge >= 0.3 is 15.2 Å². The summed E-state index contributed by atoms with van der Waals surface area (Å²) >= 11 is 4.36.